The van der Waals surface area contributed by atoms with E-state index in [1.54, 1.807) is 11.0 Å². The number of hydrogen-bond donors (Lipinski definition) is 2. The summed E-state index contributed by atoms with van der Waals surface area (Å²) in [7, 11) is 0. The molecule has 2 heterocycles. The number of aromatic nitrogens is 1. The molecule has 0 saturated carbocycles. The van der Waals surface area contributed by atoms with Gasteiger partial charge in [-0.3, -0.25) is 4.79 Å². The van der Waals surface area contributed by atoms with E-state index in [0.29, 0.717) is 12.3 Å². The normalized spacial score (nSPS) is 19.2. The van der Waals surface area contributed by atoms with Crippen LogP contribution in [0.5, 0.6) is 0 Å². The third-order valence-corrected chi connectivity index (χ3v) is 3.20. The lowest BCUT2D eigenvalue weighted by Crippen LogP contribution is -2.49. The van der Waals surface area contributed by atoms with E-state index in [4.69, 9.17) is 9.63 Å². The summed E-state index contributed by atoms with van der Waals surface area (Å²) in [6.07, 6.45) is 4.11. The first-order valence-electron chi connectivity index (χ1n) is 6.32. The highest BCUT2D eigenvalue weighted by Gasteiger charge is 2.28. The smallest absolute Gasteiger partial charge is 0.318 e. The fourth-order valence-electron chi connectivity index (χ4n) is 2.28. The number of aliphatic carboxylic acids is 1. The fraction of sp³-hybridized carbons (Fsp3) is 0.583. The monoisotopic (exact) mass is 267 g/mol. The summed E-state index contributed by atoms with van der Waals surface area (Å²) in [6, 6.07) is 1.20. The second kappa shape index (κ2) is 6.21. The first kappa shape index (κ1) is 13.4. The van der Waals surface area contributed by atoms with Gasteiger partial charge in [-0.05, 0) is 19.3 Å². The molecule has 2 N–H and O–H groups in total. The van der Waals surface area contributed by atoms with Gasteiger partial charge in [-0.1, -0.05) is 5.16 Å². The third-order valence-electron chi connectivity index (χ3n) is 3.20. The Bertz CT molecular complexity index is 432. The van der Waals surface area contributed by atoms with Crippen molar-refractivity contribution in [2.24, 2.45) is 0 Å². The van der Waals surface area contributed by atoms with E-state index in [0.717, 1.165) is 19.3 Å². The summed E-state index contributed by atoms with van der Waals surface area (Å²) >= 11 is 0. The van der Waals surface area contributed by atoms with Crippen molar-refractivity contribution in [3.8, 4) is 0 Å². The molecule has 0 radical (unpaired) electrons. The van der Waals surface area contributed by atoms with Crippen LogP contribution in [0.4, 0.5) is 4.79 Å². The maximum atomic E-state index is 12.0. The van der Waals surface area contributed by atoms with Crippen molar-refractivity contribution in [3.63, 3.8) is 0 Å². The molecule has 1 aromatic heterocycles. The van der Waals surface area contributed by atoms with Gasteiger partial charge in [0.15, 0.2) is 5.76 Å². The maximum Gasteiger partial charge on any atom is 0.318 e. The topological polar surface area (TPSA) is 95.7 Å². The van der Waals surface area contributed by atoms with Crippen LogP contribution in [-0.2, 0) is 11.3 Å². The van der Waals surface area contributed by atoms with Crippen molar-refractivity contribution in [1.82, 2.24) is 15.4 Å². The number of hydrogen-bond acceptors (Lipinski definition) is 4. The molecule has 2 rings (SSSR count). The zero-order valence-corrected chi connectivity index (χ0v) is 10.5. The van der Waals surface area contributed by atoms with Crippen LogP contribution in [0.3, 0.4) is 0 Å². The number of carbonyl (C=O) groups is 2. The van der Waals surface area contributed by atoms with Gasteiger partial charge >= 0.3 is 12.0 Å². The standard InChI is InChI=1S/C12H17N3O4/c16-11(17)7-9-3-1-2-6-15(9)12(18)13-8-10-4-5-14-19-10/h4-5,9H,1-3,6-8H2,(H,13,18)(H,16,17). The Hall–Kier alpha value is -2.05. The van der Waals surface area contributed by atoms with Crippen molar-refractivity contribution in [1.29, 1.82) is 0 Å². The lowest BCUT2D eigenvalue weighted by molar-refractivity contribution is -0.138. The minimum Gasteiger partial charge on any atom is -0.481 e. The average Bonchev–Trinajstić information content (AvgIpc) is 2.89. The van der Waals surface area contributed by atoms with Crippen molar-refractivity contribution in [2.45, 2.75) is 38.3 Å². The predicted molar refractivity (Wildman–Crippen MR) is 65.3 cm³/mol. The highest BCUT2D eigenvalue weighted by atomic mass is 16.5. The fourth-order valence-corrected chi connectivity index (χ4v) is 2.28. The van der Waals surface area contributed by atoms with E-state index < -0.39 is 5.97 Å². The van der Waals surface area contributed by atoms with Crippen LogP contribution < -0.4 is 5.32 Å². The van der Waals surface area contributed by atoms with Crippen molar-refractivity contribution >= 4 is 12.0 Å². The zero-order chi connectivity index (χ0) is 13.7. The van der Waals surface area contributed by atoms with E-state index >= 15 is 0 Å². The van der Waals surface area contributed by atoms with Gasteiger partial charge in [0.05, 0.1) is 19.2 Å². The van der Waals surface area contributed by atoms with Crippen LogP contribution >= 0.6 is 0 Å². The molecule has 2 amide bonds. The van der Waals surface area contributed by atoms with Crippen LogP contribution in [0.2, 0.25) is 0 Å². The van der Waals surface area contributed by atoms with Gasteiger partial charge in [0.25, 0.3) is 0 Å². The molecule has 0 spiro atoms. The first-order valence-corrected chi connectivity index (χ1v) is 6.32. The molecule has 0 aliphatic carbocycles. The molecule has 1 aliphatic heterocycles. The van der Waals surface area contributed by atoms with Crippen LogP contribution in [0.1, 0.15) is 31.4 Å². The SMILES string of the molecule is O=C(O)CC1CCCCN1C(=O)NCc1ccno1. The number of nitrogens with one attached hydrogen (secondary N) is 1. The Morgan fingerprint density at radius 2 is 2.37 bits per heavy atom. The van der Waals surface area contributed by atoms with Gasteiger partial charge in [-0.25, -0.2) is 4.79 Å². The molecule has 1 fully saturated rings. The summed E-state index contributed by atoms with van der Waals surface area (Å²) in [5.74, 6) is -0.305. The van der Waals surface area contributed by atoms with Gasteiger partial charge in [-0.15, -0.1) is 0 Å². The summed E-state index contributed by atoms with van der Waals surface area (Å²) in [5, 5.41) is 15.1. The number of likely N-dealkylation sites (tertiary alicyclic amines) is 1. The number of urea groups is 1. The minimum absolute atomic E-state index is 0.00424. The van der Waals surface area contributed by atoms with Gasteiger partial charge in [0.1, 0.15) is 0 Å². The summed E-state index contributed by atoms with van der Waals surface area (Å²) in [4.78, 5) is 24.4. The van der Waals surface area contributed by atoms with E-state index in [1.807, 2.05) is 0 Å². The van der Waals surface area contributed by atoms with Crippen LogP contribution in [0, 0.1) is 0 Å². The molecule has 1 aliphatic rings. The van der Waals surface area contributed by atoms with Crippen molar-refractivity contribution in [3.05, 3.63) is 18.0 Å². The van der Waals surface area contributed by atoms with Gasteiger partial charge in [0.2, 0.25) is 0 Å². The molecule has 7 nitrogen and oxygen atoms in total. The van der Waals surface area contributed by atoms with E-state index in [1.165, 1.54) is 6.20 Å². The largest absolute Gasteiger partial charge is 0.481 e. The van der Waals surface area contributed by atoms with Crippen LogP contribution in [-0.4, -0.2) is 39.8 Å². The number of amides is 2. The number of piperidine rings is 1. The molecular formula is C12H17N3O4. The Morgan fingerprint density at radius 1 is 1.53 bits per heavy atom. The molecule has 1 atom stereocenters. The number of rotatable bonds is 4. The lowest BCUT2D eigenvalue weighted by atomic mass is 10.00. The average molecular weight is 267 g/mol. The van der Waals surface area contributed by atoms with Crippen LogP contribution in [0.25, 0.3) is 0 Å². The quantitative estimate of drug-likeness (QED) is 0.855. The van der Waals surface area contributed by atoms with Crippen molar-refractivity contribution in [2.75, 3.05) is 6.54 Å². The highest BCUT2D eigenvalue weighted by molar-refractivity contribution is 5.76. The van der Waals surface area contributed by atoms with E-state index in [-0.39, 0.29) is 25.0 Å². The molecule has 1 saturated heterocycles. The van der Waals surface area contributed by atoms with Crippen LogP contribution in [0.15, 0.2) is 16.8 Å². The Balaban J connectivity index is 1.89. The predicted octanol–water partition coefficient (Wildman–Crippen LogP) is 1.21. The maximum absolute atomic E-state index is 12.0. The minimum atomic E-state index is -0.875. The first-order chi connectivity index (χ1) is 9.16. The van der Waals surface area contributed by atoms with Gasteiger partial charge in [0, 0.05) is 18.7 Å². The molecule has 7 heteroatoms. The van der Waals surface area contributed by atoms with E-state index in [9.17, 15) is 9.59 Å². The van der Waals surface area contributed by atoms with Crippen molar-refractivity contribution < 1.29 is 19.2 Å². The molecular weight excluding hydrogens is 250 g/mol. The summed E-state index contributed by atoms with van der Waals surface area (Å²) in [6.45, 7) is 0.856. The zero-order valence-electron chi connectivity index (χ0n) is 10.5. The molecule has 1 unspecified atom stereocenters. The highest BCUT2D eigenvalue weighted by Crippen LogP contribution is 2.19. The third kappa shape index (κ3) is 3.70. The summed E-state index contributed by atoms with van der Waals surface area (Å²) in [5.41, 5.74) is 0. The number of nitrogens with zero attached hydrogens (tertiary/aromatic N) is 2. The number of carbonyl (C=O) groups excluding carboxylic acids is 1. The second-order valence-corrected chi connectivity index (χ2v) is 4.58. The van der Waals surface area contributed by atoms with Gasteiger partial charge < -0.3 is 19.8 Å². The number of carboxylic acid groups (broad SMARTS) is 1. The molecule has 104 valence electrons. The molecule has 0 aromatic carbocycles. The Labute approximate surface area is 110 Å². The molecule has 0 bridgehead atoms. The number of carboxylic acids is 1. The Morgan fingerprint density at radius 3 is 3.05 bits per heavy atom. The summed E-state index contributed by atoms with van der Waals surface area (Å²) < 4.78 is 4.89. The van der Waals surface area contributed by atoms with Gasteiger partial charge in [-0.2, -0.15) is 0 Å². The van der Waals surface area contributed by atoms with E-state index in [2.05, 4.69) is 10.5 Å². The lowest BCUT2D eigenvalue weighted by Gasteiger charge is -2.34. The molecule has 1 aromatic rings. The Kier molecular flexibility index (Phi) is 4.38. The second-order valence-electron chi connectivity index (χ2n) is 4.58. The molecule has 19 heavy (non-hydrogen) atoms.